The van der Waals surface area contributed by atoms with E-state index in [0.29, 0.717) is 34.1 Å². The van der Waals surface area contributed by atoms with Crippen molar-refractivity contribution in [3.05, 3.63) is 83.7 Å². The third-order valence-electron chi connectivity index (χ3n) is 5.58. The number of amides is 1. The Morgan fingerprint density at radius 2 is 1.85 bits per heavy atom. The molecule has 2 aliphatic rings. The summed E-state index contributed by atoms with van der Waals surface area (Å²) in [7, 11) is 0. The van der Waals surface area contributed by atoms with Crippen molar-refractivity contribution in [2.45, 2.75) is 26.0 Å². The van der Waals surface area contributed by atoms with E-state index in [1.807, 2.05) is 13.8 Å². The van der Waals surface area contributed by atoms with Crippen molar-refractivity contribution in [1.29, 1.82) is 0 Å². The van der Waals surface area contributed by atoms with Crippen LogP contribution in [0.4, 0.5) is 5.69 Å². The maximum atomic E-state index is 13.2. The molecule has 3 heterocycles. The SMILES string of the molecule is CC(C)Oc1ccc(/C(O)=C2/C(=O)C(=O)N(c3cccnc3)C2c2ccc3c(c2)OCO3)cc1. The lowest BCUT2D eigenvalue weighted by atomic mass is 9.95. The number of aliphatic hydroxyl groups excluding tert-OH is 1. The van der Waals surface area contributed by atoms with Gasteiger partial charge in [-0.3, -0.25) is 19.5 Å². The van der Waals surface area contributed by atoms with E-state index in [1.165, 1.54) is 11.1 Å². The Morgan fingerprint density at radius 1 is 1.09 bits per heavy atom. The average molecular weight is 458 g/mol. The number of aromatic nitrogens is 1. The summed E-state index contributed by atoms with van der Waals surface area (Å²) in [4.78, 5) is 31.8. The van der Waals surface area contributed by atoms with Crippen LogP contribution >= 0.6 is 0 Å². The number of anilines is 1. The number of aliphatic hydroxyl groups is 1. The maximum Gasteiger partial charge on any atom is 0.300 e. The second kappa shape index (κ2) is 8.55. The number of hydrogen-bond donors (Lipinski definition) is 1. The van der Waals surface area contributed by atoms with E-state index in [4.69, 9.17) is 14.2 Å². The van der Waals surface area contributed by atoms with Crippen LogP contribution in [0.3, 0.4) is 0 Å². The van der Waals surface area contributed by atoms with Crippen LogP contribution in [0.5, 0.6) is 17.2 Å². The Kier molecular flexibility index (Phi) is 5.41. The lowest BCUT2D eigenvalue weighted by Gasteiger charge is -2.25. The van der Waals surface area contributed by atoms with Gasteiger partial charge in [0.1, 0.15) is 11.5 Å². The molecule has 34 heavy (non-hydrogen) atoms. The van der Waals surface area contributed by atoms with Crippen LogP contribution < -0.4 is 19.1 Å². The van der Waals surface area contributed by atoms with Crippen LogP contribution in [-0.4, -0.2) is 34.7 Å². The van der Waals surface area contributed by atoms with E-state index in [-0.39, 0.29) is 24.2 Å². The summed E-state index contributed by atoms with van der Waals surface area (Å²) in [6.45, 7) is 3.92. The molecular formula is C26H22N2O6. The Balaban J connectivity index is 1.65. The fourth-order valence-corrected chi connectivity index (χ4v) is 4.11. The number of carbonyl (C=O) groups excluding carboxylic acids is 2. The van der Waals surface area contributed by atoms with Gasteiger partial charge in [0.2, 0.25) is 6.79 Å². The number of fused-ring (bicyclic) bond motifs is 1. The topological polar surface area (TPSA) is 98.2 Å². The van der Waals surface area contributed by atoms with E-state index >= 15 is 0 Å². The molecule has 0 radical (unpaired) electrons. The van der Waals surface area contributed by atoms with Crippen LogP contribution in [0, 0.1) is 0 Å². The Morgan fingerprint density at radius 3 is 2.56 bits per heavy atom. The number of ketones is 1. The Hall–Kier alpha value is -4.33. The highest BCUT2D eigenvalue weighted by atomic mass is 16.7. The van der Waals surface area contributed by atoms with Gasteiger partial charge in [0, 0.05) is 11.8 Å². The summed E-state index contributed by atoms with van der Waals surface area (Å²) in [5, 5.41) is 11.2. The molecule has 5 rings (SSSR count). The van der Waals surface area contributed by atoms with Gasteiger partial charge in [-0.2, -0.15) is 0 Å². The van der Waals surface area contributed by atoms with Crippen LogP contribution in [0.25, 0.3) is 5.76 Å². The lowest BCUT2D eigenvalue weighted by molar-refractivity contribution is -0.132. The van der Waals surface area contributed by atoms with Gasteiger partial charge >= 0.3 is 0 Å². The second-order valence-corrected chi connectivity index (χ2v) is 8.18. The molecule has 1 fully saturated rings. The van der Waals surface area contributed by atoms with Gasteiger partial charge in [0.25, 0.3) is 11.7 Å². The van der Waals surface area contributed by atoms with Gasteiger partial charge in [-0.25, -0.2) is 0 Å². The highest BCUT2D eigenvalue weighted by molar-refractivity contribution is 6.51. The van der Waals surface area contributed by atoms with Crippen LogP contribution in [-0.2, 0) is 9.59 Å². The summed E-state index contributed by atoms with van der Waals surface area (Å²) < 4.78 is 16.6. The first-order valence-corrected chi connectivity index (χ1v) is 10.8. The third-order valence-corrected chi connectivity index (χ3v) is 5.58. The Labute approximate surface area is 196 Å². The minimum atomic E-state index is -0.884. The van der Waals surface area contributed by atoms with E-state index < -0.39 is 17.7 Å². The van der Waals surface area contributed by atoms with Gasteiger partial charge in [-0.1, -0.05) is 6.07 Å². The predicted octanol–water partition coefficient (Wildman–Crippen LogP) is 4.22. The van der Waals surface area contributed by atoms with Crippen molar-refractivity contribution in [3.8, 4) is 17.2 Å². The van der Waals surface area contributed by atoms with Gasteiger partial charge in [-0.15, -0.1) is 0 Å². The van der Waals surface area contributed by atoms with Crippen molar-refractivity contribution < 1.29 is 28.9 Å². The van der Waals surface area contributed by atoms with Crippen molar-refractivity contribution >= 4 is 23.1 Å². The van der Waals surface area contributed by atoms with E-state index in [1.54, 1.807) is 60.8 Å². The largest absolute Gasteiger partial charge is 0.507 e. The van der Waals surface area contributed by atoms with Gasteiger partial charge in [0.15, 0.2) is 11.5 Å². The molecule has 0 spiro atoms. The van der Waals surface area contributed by atoms with Crippen molar-refractivity contribution in [1.82, 2.24) is 4.98 Å². The summed E-state index contributed by atoms with van der Waals surface area (Å²) in [5.74, 6) is -0.103. The average Bonchev–Trinajstić information content (AvgIpc) is 3.41. The number of nitrogens with zero attached hydrogens (tertiary/aromatic N) is 2. The molecule has 2 aromatic carbocycles. The third kappa shape index (κ3) is 3.73. The Bertz CT molecular complexity index is 1280. The van der Waals surface area contributed by atoms with Crippen LogP contribution in [0.15, 0.2) is 72.6 Å². The summed E-state index contributed by atoms with van der Waals surface area (Å²) in [6.07, 6.45) is 3.08. The highest BCUT2D eigenvalue weighted by Gasteiger charge is 2.47. The minimum Gasteiger partial charge on any atom is -0.507 e. The smallest absolute Gasteiger partial charge is 0.300 e. The van der Waals surface area contributed by atoms with Gasteiger partial charge in [-0.05, 0) is 67.9 Å². The molecule has 1 atom stereocenters. The number of Topliss-reactive ketones (excluding diaryl/α,β-unsaturated/α-hetero) is 1. The standard InChI is InChI=1S/C26H22N2O6/c1-15(2)34-19-8-5-16(6-9-19)24(29)22-23(17-7-10-20-21(12-17)33-14-32-20)28(26(31)25(22)30)18-4-3-11-27-13-18/h3-13,15,23,29H,14H2,1-2H3/b24-22-. The first-order valence-electron chi connectivity index (χ1n) is 10.8. The number of hydrogen-bond acceptors (Lipinski definition) is 7. The number of pyridine rings is 1. The molecule has 2 aliphatic heterocycles. The number of ether oxygens (including phenoxy) is 3. The summed E-state index contributed by atoms with van der Waals surface area (Å²) >= 11 is 0. The van der Waals surface area contributed by atoms with Gasteiger partial charge < -0.3 is 19.3 Å². The molecule has 1 unspecified atom stereocenters. The molecule has 0 aliphatic carbocycles. The molecule has 1 N–H and O–H groups in total. The van der Waals surface area contributed by atoms with Crippen LogP contribution in [0.2, 0.25) is 0 Å². The molecule has 172 valence electrons. The molecule has 8 heteroatoms. The van der Waals surface area contributed by atoms with E-state index in [2.05, 4.69) is 4.98 Å². The molecule has 8 nitrogen and oxygen atoms in total. The highest BCUT2D eigenvalue weighted by Crippen LogP contribution is 2.44. The first-order chi connectivity index (χ1) is 16.4. The lowest BCUT2D eigenvalue weighted by Crippen LogP contribution is -2.29. The predicted molar refractivity (Wildman–Crippen MR) is 124 cm³/mol. The molecular weight excluding hydrogens is 436 g/mol. The number of rotatable bonds is 5. The fourth-order valence-electron chi connectivity index (χ4n) is 4.11. The molecule has 1 saturated heterocycles. The van der Waals surface area contributed by atoms with Gasteiger partial charge in [0.05, 0.1) is 29.6 Å². The number of carbonyl (C=O) groups is 2. The molecule has 0 bridgehead atoms. The zero-order chi connectivity index (χ0) is 23.8. The zero-order valence-electron chi connectivity index (χ0n) is 18.6. The normalized spacial score (nSPS) is 18.6. The van der Waals surface area contributed by atoms with Crippen molar-refractivity contribution in [2.75, 3.05) is 11.7 Å². The quantitative estimate of drug-likeness (QED) is 0.347. The molecule has 1 aromatic heterocycles. The molecule has 1 amide bonds. The number of benzene rings is 2. The first kappa shape index (κ1) is 21.5. The van der Waals surface area contributed by atoms with Crippen LogP contribution in [0.1, 0.15) is 31.0 Å². The minimum absolute atomic E-state index is 0.00439. The molecule has 0 saturated carbocycles. The fraction of sp³-hybridized carbons (Fsp3) is 0.192. The second-order valence-electron chi connectivity index (χ2n) is 8.18. The zero-order valence-corrected chi connectivity index (χ0v) is 18.6. The summed E-state index contributed by atoms with van der Waals surface area (Å²) in [5.41, 5.74) is 1.40. The maximum absolute atomic E-state index is 13.2. The van der Waals surface area contributed by atoms with E-state index in [0.717, 1.165) is 0 Å². The van der Waals surface area contributed by atoms with E-state index in [9.17, 15) is 14.7 Å². The summed E-state index contributed by atoms with van der Waals surface area (Å²) in [6, 6.07) is 14.4. The van der Waals surface area contributed by atoms with Crippen molar-refractivity contribution in [2.24, 2.45) is 0 Å². The monoisotopic (exact) mass is 458 g/mol. The molecule has 3 aromatic rings. The van der Waals surface area contributed by atoms with Crippen molar-refractivity contribution in [3.63, 3.8) is 0 Å².